The molecule has 0 aromatic carbocycles. The van der Waals surface area contributed by atoms with Gasteiger partial charge in [-0.25, -0.2) is 0 Å². The molecular weight excluding hydrogens is 202 g/mol. The van der Waals surface area contributed by atoms with Crippen molar-refractivity contribution in [2.24, 2.45) is 0 Å². The van der Waals surface area contributed by atoms with Gasteiger partial charge in [0.05, 0.1) is 6.07 Å². The fourth-order valence-corrected chi connectivity index (χ4v) is 2.53. The fraction of sp³-hybridized carbons (Fsp3) is 0.917. The molecule has 1 atom stereocenters. The Morgan fingerprint density at radius 3 is 2.20 bits per heavy atom. The third kappa shape index (κ3) is 9.96. The van der Waals surface area contributed by atoms with Gasteiger partial charge in [0, 0.05) is 0 Å². The standard InChI is InChI=1S/C12H25NOSi/c1-5-6-7-8-9-10-12(11-13)14-15(2,3)4/h12H,5-10H2,1-4H3/t12-/m0/s1. The van der Waals surface area contributed by atoms with Crippen molar-refractivity contribution in [2.45, 2.75) is 71.2 Å². The van der Waals surface area contributed by atoms with Crippen molar-refractivity contribution in [3.63, 3.8) is 0 Å². The minimum Gasteiger partial charge on any atom is -0.402 e. The lowest BCUT2D eigenvalue weighted by Gasteiger charge is -2.21. The Balaban J connectivity index is 3.59. The predicted octanol–water partition coefficient (Wildman–Crippen LogP) is 4.09. The summed E-state index contributed by atoms with van der Waals surface area (Å²) in [5.74, 6) is 0. The van der Waals surface area contributed by atoms with Gasteiger partial charge in [-0.3, -0.25) is 0 Å². The highest BCUT2D eigenvalue weighted by molar-refractivity contribution is 6.69. The first-order valence-electron chi connectivity index (χ1n) is 6.07. The van der Waals surface area contributed by atoms with Crippen LogP contribution in [0, 0.1) is 11.3 Å². The van der Waals surface area contributed by atoms with Gasteiger partial charge >= 0.3 is 0 Å². The SMILES string of the molecule is CCCCCCC[C@@H](C#N)O[Si](C)(C)C. The molecule has 0 saturated carbocycles. The van der Waals surface area contributed by atoms with E-state index >= 15 is 0 Å². The molecule has 0 amide bonds. The lowest BCUT2D eigenvalue weighted by atomic mass is 10.1. The van der Waals surface area contributed by atoms with E-state index in [1.54, 1.807) is 0 Å². The first kappa shape index (κ1) is 14.7. The van der Waals surface area contributed by atoms with Crippen LogP contribution in [0.25, 0.3) is 0 Å². The summed E-state index contributed by atoms with van der Waals surface area (Å²) in [7, 11) is -1.54. The van der Waals surface area contributed by atoms with E-state index in [2.05, 4.69) is 32.6 Å². The molecule has 0 rings (SSSR count). The molecule has 88 valence electrons. The molecule has 3 heteroatoms. The van der Waals surface area contributed by atoms with Gasteiger partial charge in [-0.2, -0.15) is 5.26 Å². The van der Waals surface area contributed by atoms with Crippen molar-refractivity contribution in [1.82, 2.24) is 0 Å². The van der Waals surface area contributed by atoms with Gasteiger partial charge in [0.1, 0.15) is 6.10 Å². The van der Waals surface area contributed by atoms with Gasteiger partial charge in [0.15, 0.2) is 8.32 Å². The number of hydrogen-bond acceptors (Lipinski definition) is 2. The van der Waals surface area contributed by atoms with Gasteiger partial charge < -0.3 is 4.43 Å². The number of nitriles is 1. The van der Waals surface area contributed by atoms with Crippen molar-refractivity contribution < 1.29 is 4.43 Å². The molecular formula is C12H25NOSi. The molecule has 0 spiro atoms. The van der Waals surface area contributed by atoms with Gasteiger partial charge in [-0.1, -0.05) is 32.6 Å². The topological polar surface area (TPSA) is 33.0 Å². The van der Waals surface area contributed by atoms with E-state index in [4.69, 9.17) is 9.69 Å². The molecule has 0 aliphatic heterocycles. The van der Waals surface area contributed by atoms with E-state index in [1.165, 1.54) is 25.7 Å². The molecule has 0 radical (unpaired) electrons. The van der Waals surface area contributed by atoms with E-state index in [9.17, 15) is 0 Å². The largest absolute Gasteiger partial charge is 0.402 e. The maximum absolute atomic E-state index is 8.94. The van der Waals surface area contributed by atoms with Crippen molar-refractivity contribution in [1.29, 1.82) is 5.26 Å². The van der Waals surface area contributed by atoms with Crippen LogP contribution in [0.5, 0.6) is 0 Å². The number of unbranched alkanes of at least 4 members (excludes halogenated alkanes) is 4. The summed E-state index contributed by atoms with van der Waals surface area (Å²) < 4.78 is 5.77. The molecule has 0 heterocycles. The molecule has 0 aliphatic rings. The summed E-state index contributed by atoms with van der Waals surface area (Å²) in [5, 5.41) is 8.94. The van der Waals surface area contributed by atoms with Crippen LogP contribution in [0.4, 0.5) is 0 Å². The minimum absolute atomic E-state index is 0.168. The molecule has 0 bridgehead atoms. The molecule has 0 aromatic rings. The van der Waals surface area contributed by atoms with Crippen LogP contribution < -0.4 is 0 Å². The van der Waals surface area contributed by atoms with E-state index in [-0.39, 0.29) is 6.10 Å². The Hall–Kier alpha value is -0.333. The van der Waals surface area contributed by atoms with Crippen LogP contribution in [0.2, 0.25) is 19.6 Å². The molecule has 0 saturated heterocycles. The summed E-state index contributed by atoms with van der Waals surface area (Å²) in [6, 6.07) is 2.26. The first-order chi connectivity index (χ1) is 6.99. The van der Waals surface area contributed by atoms with E-state index in [0.29, 0.717) is 0 Å². The summed E-state index contributed by atoms with van der Waals surface area (Å²) >= 11 is 0. The molecule has 0 unspecified atom stereocenters. The van der Waals surface area contributed by atoms with Crippen molar-refractivity contribution in [2.75, 3.05) is 0 Å². The molecule has 0 aromatic heterocycles. The molecule has 0 N–H and O–H groups in total. The van der Waals surface area contributed by atoms with Crippen LogP contribution >= 0.6 is 0 Å². The summed E-state index contributed by atoms with van der Waals surface area (Å²) in [4.78, 5) is 0. The zero-order valence-corrected chi connectivity index (χ0v) is 11.7. The van der Waals surface area contributed by atoms with Gasteiger partial charge in [-0.05, 0) is 32.5 Å². The highest BCUT2D eigenvalue weighted by Gasteiger charge is 2.20. The van der Waals surface area contributed by atoms with Crippen LogP contribution in [0.15, 0.2) is 0 Å². The second-order valence-electron chi connectivity index (χ2n) is 5.05. The van der Waals surface area contributed by atoms with Crippen LogP contribution in [0.1, 0.15) is 45.4 Å². The monoisotopic (exact) mass is 227 g/mol. The third-order valence-corrected chi connectivity index (χ3v) is 3.20. The van der Waals surface area contributed by atoms with E-state index in [0.717, 1.165) is 12.8 Å². The highest BCUT2D eigenvalue weighted by Crippen LogP contribution is 2.13. The zero-order valence-electron chi connectivity index (χ0n) is 10.7. The predicted molar refractivity (Wildman–Crippen MR) is 67.2 cm³/mol. The van der Waals surface area contributed by atoms with Gasteiger partial charge in [-0.15, -0.1) is 0 Å². The quantitative estimate of drug-likeness (QED) is 0.462. The summed E-state index contributed by atoms with van der Waals surface area (Å²) in [5.41, 5.74) is 0. The summed E-state index contributed by atoms with van der Waals surface area (Å²) in [6.07, 6.45) is 6.98. The minimum atomic E-state index is -1.54. The normalized spacial score (nSPS) is 13.5. The number of nitrogens with zero attached hydrogens (tertiary/aromatic N) is 1. The van der Waals surface area contributed by atoms with Crippen molar-refractivity contribution in [3.05, 3.63) is 0 Å². The van der Waals surface area contributed by atoms with Crippen molar-refractivity contribution >= 4 is 8.32 Å². The Morgan fingerprint density at radius 1 is 1.13 bits per heavy atom. The Kier molecular flexibility index (Phi) is 7.72. The summed E-state index contributed by atoms with van der Waals surface area (Å²) in [6.45, 7) is 8.61. The fourth-order valence-electron chi connectivity index (χ4n) is 1.51. The smallest absolute Gasteiger partial charge is 0.185 e. The average molecular weight is 227 g/mol. The van der Waals surface area contributed by atoms with E-state index < -0.39 is 8.32 Å². The molecule has 15 heavy (non-hydrogen) atoms. The van der Waals surface area contributed by atoms with Crippen molar-refractivity contribution in [3.8, 4) is 6.07 Å². The maximum Gasteiger partial charge on any atom is 0.185 e. The van der Waals surface area contributed by atoms with Crippen LogP contribution in [-0.4, -0.2) is 14.4 Å². The first-order valence-corrected chi connectivity index (χ1v) is 9.48. The average Bonchev–Trinajstić information content (AvgIpc) is 2.14. The molecule has 0 fully saturated rings. The maximum atomic E-state index is 8.94. The lowest BCUT2D eigenvalue weighted by Crippen LogP contribution is -2.31. The number of rotatable bonds is 8. The Morgan fingerprint density at radius 2 is 1.73 bits per heavy atom. The number of hydrogen-bond donors (Lipinski definition) is 0. The van der Waals surface area contributed by atoms with Crippen LogP contribution in [-0.2, 0) is 4.43 Å². The second-order valence-corrected chi connectivity index (χ2v) is 9.51. The third-order valence-electron chi connectivity index (χ3n) is 2.21. The van der Waals surface area contributed by atoms with Gasteiger partial charge in [0.2, 0.25) is 0 Å². The second kappa shape index (κ2) is 7.89. The van der Waals surface area contributed by atoms with Gasteiger partial charge in [0.25, 0.3) is 0 Å². The van der Waals surface area contributed by atoms with Crippen LogP contribution in [0.3, 0.4) is 0 Å². The zero-order chi connectivity index (χ0) is 11.7. The Labute approximate surface area is 95.8 Å². The Bertz CT molecular complexity index is 193. The highest BCUT2D eigenvalue weighted by atomic mass is 28.4. The molecule has 2 nitrogen and oxygen atoms in total. The lowest BCUT2D eigenvalue weighted by molar-refractivity contribution is 0.233. The van der Waals surface area contributed by atoms with E-state index in [1.807, 2.05) is 0 Å². The molecule has 0 aliphatic carbocycles.